The van der Waals surface area contributed by atoms with Crippen molar-refractivity contribution in [2.24, 2.45) is 10.8 Å². The molecule has 28 heavy (non-hydrogen) atoms. The van der Waals surface area contributed by atoms with Gasteiger partial charge in [0.05, 0.1) is 18.4 Å². The summed E-state index contributed by atoms with van der Waals surface area (Å²) in [7, 11) is 0. The Morgan fingerprint density at radius 1 is 1.11 bits per heavy atom. The number of ether oxygens (including phenoxy) is 1. The average molecular weight is 380 g/mol. The van der Waals surface area contributed by atoms with E-state index in [4.69, 9.17) is 4.74 Å². The zero-order valence-corrected chi connectivity index (χ0v) is 17.0. The fourth-order valence-electron chi connectivity index (χ4n) is 4.67. The van der Waals surface area contributed by atoms with E-state index in [9.17, 15) is 4.79 Å². The van der Waals surface area contributed by atoms with Crippen molar-refractivity contribution in [2.45, 2.75) is 59.7 Å². The lowest BCUT2D eigenvalue weighted by molar-refractivity contribution is -0.128. The number of rotatable bonds is 4. The van der Waals surface area contributed by atoms with Crippen LogP contribution in [0.3, 0.4) is 0 Å². The number of nitrogens with one attached hydrogen (secondary N) is 1. The summed E-state index contributed by atoms with van der Waals surface area (Å²) in [6, 6.07) is 11.2. The molecule has 6 heteroatoms. The van der Waals surface area contributed by atoms with E-state index in [0.717, 1.165) is 18.4 Å². The molecular weight excluding hydrogens is 352 g/mol. The van der Waals surface area contributed by atoms with Crippen molar-refractivity contribution in [1.29, 1.82) is 0 Å². The zero-order chi connectivity index (χ0) is 19.9. The number of nitrogens with zero attached hydrogens (tertiary/aromatic N) is 3. The monoisotopic (exact) mass is 380 g/mol. The minimum Gasteiger partial charge on any atom is -0.371 e. The highest BCUT2D eigenvalue weighted by atomic mass is 16.5. The van der Waals surface area contributed by atoms with Crippen molar-refractivity contribution in [1.82, 2.24) is 19.6 Å². The van der Waals surface area contributed by atoms with Gasteiger partial charge in [0.25, 0.3) is 11.3 Å². The number of benzene rings is 1. The average Bonchev–Trinajstić information content (AvgIpc) is 3.06. The van der Waals surface area contributed by atoms with Gasteiger partial charge in [-0.15, -0.1) is 0 Å². The summed E-state index contributed by atoms with van der Waals surface area (Å²) in [5, 5.41) is 3.03. The van der Waals surface area contributed by atoms with Crippen LogP contribution in [0.15, 0.2) is 41.2 Å². The maximum absolute atomic E-state index is 12.5. The summed E-state index contributed by atoms with van der Waals surface area (Å²) in [6.45, 7) is 9.39. The van der Waals surface area contributed by atoms with Crippen molar-refractivity contribution in [2.75, 3.05) is 0 Å². The molecule has 2 heterocycles. The highest BCUT2D eigenvalue weighted by molar-refractivity contribution is 5.56. The normalized spacial score (nSPS) is 19.1. The smallest absolute Gasteiger partial charge is 0.274 e. The molecule has 0 spiro atoms. The third-order valence-corrected chi connectivity index (χ3v) is 5.89. The van der Waals surface area contributed by atoms with Crippen molar-refractivity contribution in [3.05, 3.63) is 52.4 Å². The van der Waals surface area contributed by atoms with Crippen LogP contribution in [-0.2, 0) is 11.3 Å². The topological polar surface area (TPSA) is 72.3 Å². The molecule has 0 radical (unpaired) electrons. The highest BCUT2D eigenvalue weighted by Gasteiger charge is 2.44. The maximum atomic E-state index is 12.5. The van der Waals surface area contributed by atoms with Gasteiger partial charge in [0.15, 0.2) is 5.82 Å². The van der Waals surface area contributed by atoms with Gasteiger partial charge in [0.2, 0.25) is 0 Å². The molecule has 2 aromatic heterocycles. The van der Waals surface area contributed by atoms with Crippen molar-refractivity contribution in [3.8, 4) is 11.4 Å². The Labute approximate surface area is 165 Å². The standard InChI is InChI=1S/C22H28N4O2/c1-21(2)11-8-12-22(3,4)19(21)28-14-16-13-17(27)26-20(23-16)24-18(25-26)15-9-6-5-7-10-15/h5-7,9-10,13,19H,8,11-12,14H2,1-4H3,(H,23,24,25). The number of aromatic nitrogens is 4. The first kappa shape index (κ1) is 18.9. The van der Waals surface area contributed by atoms with Gasteiger partial charge in [-0.3, -0.25) is 9.89 Å². The van der Waals surface area contributed by atoms with Crippen LogP contribution in [0.2, 0.25) is 0 Å². The van der Waals surface area contributed by atoms with Gasteiger partial charge in [0.1, 0.15) is 0 Å². The second-order valence-corrected chi connectivity index (χ2v) is 9.18. The molecule has 0 amide bonds. The molecule has 0 bridgehead atoms. The fraction of sp³-hybridized carbons (Fsp3) is 0.500. The molecule has 0 aliphatic heterocycles. The summed E-state index contributed by atoms with van der Waals surface area (Å²) >= 11 is 0. The van der Waals surface area contributed by atoms with Crippen molar-refractivity contribution < 1.29 is 4.74 Å². The lowest BCUT2D eigenvalue weighted by Crippen LogP contribution is -2.47. The van der Waals surface area contributed by atoms with Crippen molar-refractivity contribution in [3.63, 3.8) is 0 Å². The van der Waals surface area contributed by atoms with E-state index in [1.54, 1.807) is 0 Å². The molecule has 1 fully saturated rings. The van der Waals surface area contributed by atoms with Gasteiger partial charge in [-0.25, -0.2) is 4.98 Å². The quantitative estimate of drug-likeness (QED) is 0.736. The van der Waals surface area contributed by atoms with Crippen LogP contribution in [0.4, 0.5) is 0 Å². The number of hydrogen-bond donors (Lipinski definition) is 1. The number of H-pyrrole nitrogens is 1. The summed E-state index contributed by atoms with van der Waals surface area (Å²) in [5.41, 5.74) is 1.56. The van der Waals surface area contributed by atoms with Crippen LogP contribution in [0.5, 0.6) is 0 Å². The molecule has 148 valence electrons. The third kappa shape index (κ3) is 3.49. The largest absolute Gasteiger partial charge is 0.371 e. The number of aromatic amines is 1. The van der Waals surface area contributed by atoms with Gasteiger partial charge in [-0.05, 0) is 23.7 Å². The fourth-order valence-corrected chi connectivity index (χ4v) is 4.67. The summed E-state index contributed by atoms with van der Waals surface area (Å²) < 4.78 is 7.72. The summed E-state index contributed by atoms with van der Waals surface area (Å²) in [6.07, 6.45) is 3.64. The van der Waals surface area contributed by atoms with E-state index in [0.29, 0.717) is 23.9 Å². The minimum absolute atomic E-state index is 0.105. The lowest BCUT2D eigenvalue weighted by Gasteiger charge is -2.48. The number of hydrogen-bond acceptors (Lipinski definition) is 4. The van der Waals surface area contributed by atoms with Crippen LogP contribution in [0.25, 0.3) is 17.2 Å². The molecule has 1 saturated carbocycles. The summed E-state index contributed by atoms with van der Waals surface area (Å²) in [5.74, 6) is 0.991. The van der Waals surface area contributed by atoms with Gasteiger partial charge < -0.3 is 4.74 Å². The van der Waals surface area contributed by atoms with Crippen LogP contribution in [0.1, 0.15) is 52.7 Å². The predicted octanol–water partition coefficient (Wildman–Crippen LogP) is 4.21. The maximum Gasteiger partial charge on any atom is 0.274 e. The third-order valence-electron chi connectivity index (χ3n) is 5.89. The molecule has 1 aliphatic carbocycles. The molecule has 1 aromatic carbocycles. The summed E-state index contributed by atoms with van der Waals surface area (Å²) in [4.78, 5) is 21.6. The van der Waals surface area contributed by atoms with Gasteiger partial charge in [0, 0.05) is 11.6 Å². The first-order chi connectivity index (χ1) is 13.3. The molecular formula is C22H28N4O2. The van der Waals surface area contributed by atoms with E-state index in [-0.39, 0.29) is 22.5 Å². The Bertz CT molecular complexity index is 1020. The van der Waals surface area contributed by atoms with Crippen LogP contribution < -0.4 is 5.56 Å². The van der Waals surface area contributed by atoms with Gasteiger partial charge >= 0.3 is 0 Å². The van der Waals surface area contributed by atoms with E-state index >= 15 is 0 Å². The Morgan fingerprint density at radius 3 is 2.46 bits per heavy atom. The van der Waals surface area contributed by atoms with Crippen LogP contribution >= 0.6 is 0 Å². The molecule has 1 aliphatic rings. The second kappa shape index (κ2) is 6.85. The van der Waals surface area contributed by atoms with Crippen molar-refractivity contribution >= 4 is 5.78 Å². The molecule has 3 aromatic rings. The molecule has 0 atom stereocenters. The minimum atomic E-state index is -0.180. The lowest BCUT2D eigenvalue weighted by atomic mass is 9.63. The van der Waals surface area contributed by atoms with E-state index in [1.807, 2.05) is 30.3 Å². The Hall–Kier alpha value is -2.47. The molecule has 0 saturated heterocycles. The Morgan fingerprint density at radius 2 is 1.79 bits per heavy atom. The second-order valence-electron chi connectivity index (χ2n) is 9.18. The van der Waals surface area contributed by atoms with Gasteiger partial charge in [-0.2, -0.15) is 9.50 Å². The van der Waals surface area contributed by atoms with E-state index in [1.165, 1.54) is 17.0 Å². The van der Waals surface area contributed by atoms with Crippen LogP contribution in [-0.4, -0.2) is 25.7 Å². The molecule has 1 N–H and O–H groups in total. The highest BCUT2D eigenvalue weighted by Crippen LogP contribution is 2.47. The number of fused-ring (bicyclic) bond motifs is 1. The van der Waals surface area contributed by atoms with E-state index < -0.39 is 0 Å². The SMILES string of the molecule is CC1(C)CCCC(C)(C)C1OCc1cc(=O)n2[nH]c(-c3ccccc3)nc2n1. The first-order valence-electron chi connectivity index (χ1n) is 9.92. The Balaban J connectivity index is 1.60. The molecule has 0 unspecified atom stereocenters. The first-order valence-corrected chi connectivity index (χ1v) is 9.92. The zero-order valence-electron chi connectivity index (χ0n) is 17.0. The molecule has 4 rings (SSSR count). The van der Waals surface area contributed by atoms with E-state index in [2.05, 4.69) is 42.8 Å². The van der Waals surface area contributed by atoms with Crippen LogP contribution in [0, 0.1) is 10.8 Å². The van der Waals surface area contributed by atoms with Gasteiger partial charge in [-0.1, -0.05) is 64.4 Å². The predicted molar refractivity (Wildman–Crippen MR) is 109 cm³/mol. The molecule has 6 nitrogen and oxygen atoms in total. The Kier molecular flexibility index (Phi) is 4.62.